The molecule has 0 aliphatic heterocycles. The highest BCUT2D eigenvalue weighted by Crippen LogP contribution is 2.36. The van der Waals surface area contributed by atoms with Gasteiger partial charge in [-0.15, -0.1) is 0 Å². The number of anilines is 2. The maximum Gasteiger partial charge on any atom is 0.234 e. The van der Waals surface area contributed by atoms with Crippen molar-refractivity contribution >= 4 is 42.4 Å². The summed E-state index contributed by atoms with van der Waals surface area (Å²) in [4.78, 5) is 4.29. The Hall–Kier alpha value is -1.54. The van der Waals surface area contributed by atoms with Crippen molar-refractivity contribution in [1.82, 2.24) is 4.98 Å². The number of methoxy groups -OCH3 is 1. The van der Waals surface area contributed by atoms with Gasteiger partial charge in [-0.1, -0.05) is 11.3 Å². The lowest BCUT2D eigenvalue weighted by atomic mass is 10.3. The van der Waals surface area contributed by atoms with Crippen LogP contribution in [0.3, 0.4) is 0 Å². The van der Waals surface area contributed by atoms with E-state index < -0.39 is 10.0 Å². The van der Waals surface area contributed by atoms with Crippen molar-refractivity contribution in [3.05, 3.63) is 12.1 Å². The fourth-order valence-corrected chi connectivity index (χ4v) is 4.67. The van der Waals surface area contributed by atoms with Gasteiger partial charge in [0, 0.05) is 11.8 Å². The van der Waals surface area contributed by atoms with E-state index >= 15 is 0 Å². The Morgan fingerprint density at radius 3 is 2.90 bits per heavy atom. The van der Waals surface area contributed by atoms with E-state index in [0.29, 0.717) is 28.0 Å². The molecule has 2 aromatic rings. The molecule has 1 saturated carbocycles. The third kappa shape index (κ3) is 2.80. The number of thiazole rings is 1. The van der Waals surface area contributed by atoms with E-state index in [1.807, 2.05) is 0 Å². The number of benzene rings is 1. The zero-order valence-electron chi connectivity index (χ0n) is 10.9. The Labute approximate surface area is 121 Å². The molecule has 1 aliphatic rings. The molecular formula is C12H15N3O3S2. The predicted octanol–water partition coefficient (Wildman–Crippen LogP) is 2.04. The number of nitrogens with one attached hydrogen (secondary N) is 1. The van der Waals surface area contributed by atoms with Gasteiger partial charge in [0.05, 0.1) is 17.6 Å². The molecule has 3 N–H and O–H groups in total. The van der Waals surface area contributed by atoms with Gasteiger partial charge >= 0.3 is 0 Å². The van der Waals surface area contributed by atoms with E-state index in [0.717, 1.165) is 17.5 Å². The smallest absolute Gasteiger partial charge is 0.234 e. The molecule has 6 nitrogen and oxygen atoms in total. The van der Waals surface area contributed by atoms with Crippen LogP contribution in [0.5, 0.6) is 5.75 Å². The lowest BCUT2D eigenvalue weighted by Gasteiger charge is -2.03. The van der Waals surface area contributed by atoms with Crippen LogP contribution in [-0.2, 0) is 10.0 Å². The average Bonchev–Trinajstić information content (AvgIpc) is 3.05. The zero-order valence-corrected chi connectivity index (χ0v) is 12.6. The number of fused-ring (bicyclic) bond motifs is 1. The Kier molecular flexibility index (Phi) is 3.21. The summed E-state index contributed by atoms with van der Waals surface area (Å²) >= 11 is 1.25. The van der Waals surface area contributed by atoms with Gasteiger partial charge in [-0.2, -0.15) is 0 Å². The molecule has 1 aromatic heterocycles. The van der Waals surface area contributed by atoms with Gasteiger partial charge in [0.2, 0.25) is 10.0 Å². The highest BCUT2D eigenvalue weighted by molar-refractivity contribution is 7.92. The number of nitrogens with two attached hydrogens (primary N) is 1. The molecule has 0 unspecified atom stereocenters. The normalized spacial score (nSPS) is 15.4. The quantitative estimate of drug-likeness (QED) is 0.824. The molecule has 1 heterocycles. The zero-order chi connectivity index (χ0) is 14.3. The van der Waals surface area contributed by atoms with Crippen molar-refractivity contribution in [1.29, 1.82) is 0 Å². The molecule has 0 atom stereocenters. The molecule has 0 amide bonds. The maximum atomic E-state index is 11.9. The van der Waals surface area contributed by atoms with E-state index in [1.54, 1.807) is 12.1 Å². The second kappa shape index (κ2) is 4.78. The summed E-state index contributed by atoms with van der Waals surface area (Å²) in [6.45, 7) is 0. The standard InChI is InChI=1S/C12H15N3O3S2/c1-18-9-4-8(13)5-10-11(9)14-12(19-10)15-20(16,17)6-7-2-3-7/h4-5,7H,2-3,6,13H2,1H3,(H,14,15). The molecule has 0 saturated heterocycles. The molecule has 0 bridgehead atoms. The molecule has 1 aliphatic carbocycles. The summed E-state index contributed by atoms with van der Waals surface area (Å²) in [5, 5.41) is 0.351. The first-order chi connectivity index (χ1) is 9.47. The molecule has 3 rings (SSSR count). The highest BCUT2D eigenvalue weighted by Gasteiger charge is 2.28. The molecule has 1 aromatic carbocycles. The van der Waals surface area contributed by atoms with Crippen molar-refractivity contribution in [2.24, 2.45) is 5.92 Å². The van der Waals surface area contributed by atoms with Crippen molar-refractivity contribution in [2.75, 3.05) is 23.3 Å². The van der Waals surface area contributed by atoms with Crippen LogP contribution in [0.15, 0.2) is 12.1 Å². The number of hydrogen-bond donors (Lipinski definition) is 2. The minimum atomic E-state index is -3.32. The first-order valence-corrected chi connectivity index (χ1v) is 8.68. The predicted molar refractivity (Wildman–Crippen MR) is 80.7 cm³/mol. The van der Waals surface area contributed by atoms with E-state index in [1.165, 1.54) is 18.4 Å². The lowest BCUT2D eigenvalue weighted by Crippen LogP contribution is -2.17. The van der Waals surface area contributed by atoms with Crippen LogP contribution in [0.25, 0.3) is 10.2 Å². The third-order valence-electron chi connectivity index (χ3n) is 3.10. The third-order valence-corrected chi connectivity index (χ3v) is 5.56. The molecule has 8 heteroatoms. The number of rotatable bonds is 5. The maximum absolute atomic E-state index is 11.9. The molecule has 20 heavy (non-hydrogen) atoms. The summed E-state index contributed by atoms with van der Waals surface area (Å²) in [6, 6.07) is 3.43. The lowest BCUT2D eigenvalue weighted by molar-refractivity contribution is 0.419. The number of ether oxygens (including phenoxy) is 1. The van der Waals surface area contributed by atoms with E-state index in [4.69, 9.17) is 10.5 Å². The van der Waals surface area contributed by atoms with Gasteiger partial charge in [-0.25, -0.2) is 13.4 Å². The molecule has 1 fully saturated rings. The topological polar surface area (TPSA) is 94.3 Å². The second-order valence-corrected chi connectivity index (χ2v) is 7.71. The van der Waals surface area contributed by atoms with E-state index in [2.05, 4.69) is 9.71 Å². The van der Waals surface area contributed by atoms with Crippen LogP contribution in [0, 0.1) is 5.92 Å². The Morgan fingerprint density at radius 1 is 1.50 bits per heavy atom. The van der Waals surface area contributed by atoms with Crippen molar-refractivity contribution < 1.29 is 13.2 Å². The van der Waals surface area contributed by atoms with Gasteiger partial charge in [0.1, 0.15) is 11.3 Å². The highest BCUT2D eigenvalue weighted by atomic mass is 32.2. The Balaban J connectivity index is 1.92. The molecule has 0 radical (unpaired) electrons. The number of sulfonamides is 1. The van der Waals surface area contributed by atoms with Gasteiger partial charge in [0.15, 0.2) is 5.13 Å². The van der Waals surface area contributed by atoms with Gasteiger partial charge in [0.25, 0.3) is 0 Å². The number of aromatic nitrogens is 1. The van der Waals surface area contributed by atoms with Gasteiger partial charge < -0.3 is 10.5 Å². The summed E-state index contributed by atoms with van der Waals surface area (Å²) in [5.41, 5.74) is 6.95. The number of nitrogen functional groups attached to an aromatic ring is 1. The molecule has 108 valence electrons. The molecule has 0 spiro atoms. The average molecular weight is 313 g/mol. The van der Waals surface area contributed by atoms with Crippen molar-refractivity contribution in [3.8, 4) is 5.75 Å². The fourth-order valence-electron chi connectivity index (χ4n) is 1.99. The van der Waals surface area contributed by atoms with Crippen LogP contribution in [0.4, 0.5) is 10.8 Å². The van der Waals surface area contributed by atoms with Crippen LogP contribution in [0.2, 0.25) is 0 Å². The number of hydrogen-bond acceptors (Lipinski definition) is 6. The first kappa shape index (κ1) is 13.4. The summed E-state index contributed by atoms with van der Waals surface area (Å²) in [5.74, 6) is 1.01. The van der Waals surface area contributed by atoms with Gasteiger partial charge in [-0.3, -0.25) is 4.72 Å². The Morgan fingerprint density at radius 2 is 2.25 bits per heavy atom. The van der Waals surface area contributed by atoms with Crippen molar-refractivity contribution in [2.45, 2.75) is 12.8 Å². The first-order valence-electron chi connectivity index (χ1n) is 6.21. The van der Waals surface area contributed by atoms with E-state index in [-0.39, 0.29) is 5.75 Å². The number of nitrogens with zero attached hydrogens (tertiary/aromatic N) is 1. The summed E-state index contributed by atoms with van der Waals surface area (Å²) in [6.07, 6.45) is 1.98. The Bertz CT molecular complexity index is 751. The summed E-state index contributed by atoms with van der Waals surface area (Å²) < 4.78 is 32.4. The van der Waals surface area contributed by atoms with Crippen LogP contribution in [-0.4, -0.2) is 26.3 Å². The van der Waals surface area contributed by atoms with Gasteiger partial charge in [-0.05, 0) is 24.8 Å². The largest absolute Gasteiger partial charge is 0.494 e. The van der Waals surface area contributed by atoms with E-state index in [9.17, 15) is 8.42 Å². The SMILES string of the molecule is COc1cc(N)cc2sc(NS(=O)(=O)CC3CC3)nc12. The monoisotopic (exact) mass is 313 g/mol. The molecular weight excluding hydrogens is 298 g/mol. The minimum Gasteiger partial charge on any atom is -0.494 e. The van der Waals surface area contributed by atoms with Crippen LogP contribution < -0.4 is 15.2 Å². The minimum absolute atomic E-state index is 0.169. The summed E-state index contributed by atoms with van der Waals surface area (Å²) in [7, 11) is -1.79. The van der Waals surface area contributed by atoms with Crippen LogP contribution >= 0.6 is 11.3 Å². The fraction of sp³-hybridized carbons (Fsp3) is 0.417. The second-order valence-electron chi connectivity index (χ2n) is 4.92. The van der Waals surface area contributed by atoms with Crippen molar-refractivity contribution in [3.63, 3.8) is 0 Å². The van der Waals surface area contributed by atoms with Crippen LogP contribution in [0.1, 0.15) is 12.8 Å².